The molecule has 0 saturated carbocycles. The summed E-state index contributed by atoms with van der Waals surface area (Å²) in [5.41, 5.74) is 5.23. The fraction of sp³-hybridized carbons (Fsp3) is 0.500. The van der Waals surface area contributed by atoms with Gasteiger partial charge in [-0.05, 0) is 29.6 Å². The highest BCUT2D eigenvalue weighted by Gasteiger charge is 2.28. The van der Waals surface area contributed by atoms with Crippen molar-refractivity contribution in [3.8, 4) is 0 Å². The normalized spacial score (nSPS) is 20.1. The highest BCUT2D eigenvalue weighted by Crippen LogP contribution is 2.22. The third-order valence-corrected chi connectivity index (χ3v) is 2.78. The number of nitrogens with two attached hydrogens (primary N) is 1. The predicted octanol–water partition coefficient (Wildman–Crippen LogP) is 0.490. The van der Waals surface area contributed by atoms with Gasteiger partial charge >= 0.3 is 0 Å². The monoisotopic (exact) mass is 261 g/mol. The molecule has 1 fully saturated rings. The summed E-state index contributed by atoms with van der Waals surface area (Å²) in [7, 11) is 0. The molecule has 0 aliphatic carbocycles. The minimum atomic E-state index is -0.311. The molecule has 86 valence electrons. The van der Waals surface area contributed by atoms with E-state index in [4.69, 9.17) is 28.9 Å². The van der Waals surface area contributed by atoms with E-state index in [1.807, 2.05) is 4.90 Å². The van der Waals surface area contributed by atoms with Crippen LogP contribution in [0.4, 0.5) is 5.95 Å². The molecule has 2 heterocycles. The summed E-state index contributed by atoms with van der Waals surface area (Å²) in [4.78, 5) is 24.4. The van der Waals surface area contributed by atoms with E-state index in [1.165, 1.54) is 0 Å². The molecule has 8 heteroatoms. The van der Waals surface area contributed by atoms with Gasteiger partial charge in [0, 0.05) is 13.1 Å². The molecule has 1 aliphatic heterocycles. The number of nitrogens with zero attached hydrogens (tertiary/aromatic N) is 4. The van der Waals surface area contributed by atoms with Crippen molar-refractivity contribution >= 4 is 35.1 Å². The second kappa shape index (κ2) is 4.39. The quantitative estimate of drug-likeness (QED) is 0.838. The molecule has 1 amide bonds. The topological polar surface area (TPSA) is 85.0 Å². The number of anilines is 1. The van der Waals surface area contributed by atoms with Gasteiger partial charge in [0.25, 0.3) is 0 Å². The van der Waals surface area contributed by atoms with E-state index < -0.39 is 0 Å². The van der Waals surface area contributed by atoms with Gasteiger partial charge < -0.3 is 10.6 Å². The summed E-state index contributed by atoms with van der Waals surface area (Å²) < 4.78 is 0. The first-order chi connectivity index (χ1) is 7.56. The van der Waals surface area contributed by atoms with Gasteiger partial charge in [-0.15, -0.1) is 0 Å². The summed E-state index contributed by atoms with van der Waals surface area (Å²) in [6.45, 7) is 1.15. The first-order valence-electron chi connectivity index (χ1n) is 4.67. The van der Waals surface area contributed by atoms with Crippen molar-refractivity contribution in [3.63, 3.8) is 0 Å². The lowest BCUT2D eigenvalue weighted by atomic mass is 10.1. The van der Waals surface area contributed by atoms with Crippen molar-refractivity contribution in [2.75, 3.05) is 18.0 Å². The van der Waals surface area contributed by atoms with Crippen LogP contribution in [-0.2, 0) is 4.79 Å². The maximum Gasteiger partial charge on any atom is 0.230 e. The van der Waals surface area contributed by atoms with Crippen LogP contribution < -0.4 is 10.6 Å². The second-order valence-corrected chi connectivity index (χ2v) is 4.18. The van der Waals surface area contributed by atoms with Gasteiger partial charge in [0.1, 0.15) is 0 Å². The highest BCUT2D eigenvalue weighted by atomic mass is 35.5. The Labute approximate surface area is 102 Å². The maximum atomic E-state index is 11.0. The van der Waals surface area contributed by atoms with Gasteiger partial charge in [-0.2, -0.15) is 15.0 Å². The Morgan fingerprint density at radius 1 is 1.31 bits per heavy atom. The van der Waals surface area contributed by atoms with Crippen LogP contribution in [0.2, 0.25) is 10.6 Å². The number of hydrogen-bond acceptors (Lipinski definition) is 5. The van der Waals surface area contributed by atoms with E-state index in [-0.39, 0.29) is 22.4 Å². The summed E-state index contributed by atoms with van der Waals surface area (Å²) >= 11 is 11.3. The summed E-state index contributed by atoms with van der Waals surface area (Å²) in [6.07, 6.45) is 0.691. The van der Waals surface area contributed by atoms with Crippen molar-refractivity contribution in [2.24, 2.45) is 11.7 Å². The molecule has 1 saturated heterocycles. The van der Waals surface area contributed by atoms with Gasteiger partial charge in [-0.1, -0.05) is 0 Å². The van der Waals surface area contributed by atoms with E-state index in [9.17, 15) is 4.79 Å². The Hall–Kier alpha value is -1.14. The summed E-state index contributed by atoms with van der Waals surface area (Å²) in [5.74, 6) is -0.100. The molecule has 0 bridgehead atoms. The van der Waals surface area contributed by atoms with Crippen LogP contribution in [0, 0.1) is 5.92 Å². The lowest BCUT2D eigenvalue weighted by Crippen LogP contribution is -2.28. The van der Waals surface area contributed by atoms with Crippen LogP contribution in [0.3, 0.4) is 0 Å². The van der Waals surface area contributed by atoms with E-state index in [0.29, 0.717) is 25.5 Å². The van der Waals surface area contributed by atoms with Crippen LogP contribution in [0.15, 0.2) is 0 Å². The van der Waals surface area contributed by atoms with Crippen LogP contribution in [0.5, 0.6) is 0 Å². The van der Waals surface area contributed by atoms with Gasteiger partial charge in [0.2, 0.25) is 22.4 Å². The Bertz CT molecular complexity index is 407. The summed E-state index contributed by atoms with van der Waals surface area (Å²) in [6, 6.07) is 0. The molecule has 0 aromatic carbocycles. The zero-order valence-electron chi connectivity index (χ0n) is 8.23. The molecular weight excluding hydrogens is 253 g/mol. The first-order valence-corrected chi connectivity index (χ1v) is 5.43. The van der Waals surface area contributed by atoms with Crippen LogP contribution in [-0.4, -0.2) is 33.9 Å². The molecule has 1 aromatic heterocycles. The molecule has 0 spiro atoms. The third-order valence-electron chi connectivity index (χ3n) is 2.44. The highest BCUT2D eigenvalue weighted by molar-refractivity contribution is 6.31. The molecule has 1 atom stereocenters. The second-order valence-electron chi connectivity index (χ2n) is 3.51. The number of carbonyl (C=O) groups excluding carboxylic acids is 1. The summed E-state index contributed by atoms with van der Waals surface area (Å²) in [5, 5.41) is 0.0788. The molecule has 2 rings (SSSR count). The Balaban J connectivity index is 2.17. The smallest absolute Gasteiger partial charge is 0.230 e. The Morgan fingerprint density at radius 2 is 1.94 bits per heavy atom. The van der Waals surface area contributed by atoms with Crippen molar-refractivity contribution in [1.82, 2.24) is 15.0 Å². The fourth-order valence-electron chi connectivity index (χ4n) is 1.63. The molecule has 1 aliphatic rings. The van der Waals surface area contributed by atoms with E-state index in [1.54, 1.807) is 0 Å². The van der Waals surface area contributed by atoms with E-state index in [0.717, 1.165) is 0 Å². The van der Waals surface area contributed by atoms with Crippen molar-refractivity contribution in [3.05, 3.63) is 10.6 Å². The molecule has 0 radical (unpaired) electrons. The lowest BCUT2D eigenvalue weighted by molar-refractivity contribution is -0.121. The molecule has 2 N–H and O–H groups in total. The lowest BCUT2D eigenvalue weighted by Gasteiger charge is -2.15. The number of primary amides is 1. The molecular formula is C8H9Cl2N5O. The first kappa shape index (κ1) is 11.3. The molecule has 16 heavy (non-hydrogen) atoms. The minimum Gasteiger partial charge on any atom is -0.369 e. The fourth-order valence-corrected chi connectivity index (χ4v) is 1.99. The number of rotatable bonds is 2. The molecule has 1 unspecified atom stereocenters. The number of carbonyl (C=O) groups is 1. The number of hydrogen-bond donors (Lipinski definition) is 1. The predicted molar refractivity (Wildman–Crippen MR) is 59.4 cm³/mol. The van der Waals surface area contributed by atoms with Crippen molar-refractivity contribution in [1.29, 1.82) is 0 Å². The third kappa shape index (κ3) is 2.33. The number of halogens is 2. The Kier molecular flexibility index (Phi) is 3.11. The molecule has 1 aromatic rings. The van der Waals surface area contributed by atoms with Gasteiger partial charge in [0.05, 0.1) is 5.92 Å². The molecule has 6 nitrogen and oxygen atoms in total. The van der Waals surface area contributed by atoms with Crippen LogP contribution in [0.25, 0.3) is 0 Å². The zero-order valence-corrected chi connectivity index (χ0v) is 9.74. The minimum absolute atomic E-state index is 0.0394. The van der Waals surface area contributed by atoms with E-state index >= 15 is 0 Å². The van der Waals surface area contributed by atoms with E-state index in [2.05, 4.69) is 15.0 Å². The van der Waals surface area contributed by atoms with Crippen molar-refractivity contribution in [2.45, 2.75) is 6.42 Å². The average molecular weight is 262 g/mol. The standard InChI is InChI=1S/C8H9Cl2N5O/c9-6-12-7(10)14-8(13-6)15-2-1-4(3-15)5(11)16/h4H,1-3H2,(H2,11,16). The number of aromatic nitrogens is 3. The average Bonchev–Trinajstić information content (AvgIpc) is 2.64. The van der Waals surface area contributed by atoms with Gasteiger partial charge in [-0.25, -0.2) is 0 Å². The largest absolute Gasteiger partial charge is 0.369 e. The van der Waals surface area contributed by atoms with Crippen LogP contribution >= 0.6 is 23.2 Å². The van der Waals surface area contributed by atoms with Crippen molar-refractivity contribution < 1.29 is 4.79 Å². The SMILES string of the molecule is NC(=O)C1CCN(c2nc(Cl)nc(Cl)n2)C1. The van der Waals surface area contributed by atoms with Crippen LogP contribution in [0.1, 0.15) is 6.42 Å². The maximum absolute atomic E-state index is 11.0. The Morgan fingerprint density at radius 3 is 2.44 bits per heavy atom. The van der Waals surface area contributed by atoms with Gasteiger partial charge in [0.15, 0.2) is 0 Å². The number of amides is 1. The zero-order chi connectivity index (χ0) is 11.7. The van der Waals surface area contributed by atoms with Gasteiger partial charge in [-0.3, -0.25) is 4.79 Å².